The molecule has 1 rings (SSSR count). The van der Waals surface area contributed by atoms with E-state index in [0.29, 0.717) is 0 Å². The zero-order chi connectivity index (χ0) is 13.2. The van der Waals surface area contributed by atoms with Crippen LogP contribution in [-0.2, 0) is 0 Å². The summed E-state index contributed by atoms with van der Waals surface area (Å²) in [6.07, 6.45) is 4.31. The summed E-state index contributed by atoms with van der Waals surface area (Å²) in [5.41, 5.74) is 8.03. The largest absolute Gasteiger partial charge is 0.0870 e. The quantitative estimate of drug-likeness (QED) is 0.609. The molecule has 0 nitrogen and oxygen atoms in total. The molecular weight excluding hydrogens is 272 g/mol. The van der Waals surface area contributed by atoms with Gasteiger partial charge in [0, 0.05) is 4.47 Å². The summed E-state index contributed by atoms with van der Waals surface area (Å²) in [5, 5.41) is 0. The minimum Gasteiger partial charge on any atom is -0.0870 e. The van der Waals surface area contributed by atoms with E-state index in [0.717, 1.165) is 0 Å². The van der Waals surface area contributed by atoms with Gasteiger partial charge in [0.2, 0.25) is 0 Å². The van der Waals surface area contributed by atoms with Crippen molar-refractivity contribution < 1.29 is 0 Å². The molecule has 0 aliphatic carbocycles. The highest BCUT2D eigenvalue weighted by Gasteiger charge is 2.12. The molecule has 0 aliphatic rings. The zero-order valence-electron chi connectivity index (χ0n) is 11.6. The van der Waals surface area contributed by atoms with Crippen molar-refractivity contribution >= 4 is 21.5 Å². The van der Waals surface area contributed by atoms with Crippen molar-refractivity contribution in [3.63, 3.8) is 0 Å². The molecule has 1 aromatic rings. The number of allylic oxidation sites excluding steroid dienone is 4. The van der Waals surface area contributed by atoms with E-state index >= 15 is 0 Å². The van der Waals surface area contributed by atoms with Gasteiger partial charge in [-0.1, -0.05) is 39.7 Å². The highest BCUT2D eigenvalue weighted by molar-refractivity contribution is 9.10. The second-order valence-corrected chi connectivity index (χ2v) is 5.53. The normalized spacial score (nSPS) is 11.0. The molecule has 0 fully saturated rings. The number of aryl methyl sites for hydroxylation is 2. The van der Waals surface area contributed by atoms with E-state index in [1.807, 2.05) is 0 Å². The third kappa shape index (κ3) is 2.90. The van der Waals surface area contributed by atoms with E-state index in [2.05, 4.69) is 75.7 Å². The van der Waals surface area contributed by atoms with Gasteiger partial charge in [0.1, 0.15) is 0 Å². The minimum atomic E-state index is 1.22. The molecular formula is C16H21Br. The zero-order valence-corrected chi connectivity index (χ0v) is 13.2. The lowest BCUT2D eigenvalue weighted by Gasteiger charge is -2.16. The fourth-order valence-electron chi connectivity index (χ4n) is 2.24. The molecule has 0 atom stereocenters. The van der Waals surface area contributed by atoms with Crippen LogP contribution in [0.2, 0.25) is 0 Å². The standard InChI is InChI=1S/C16H21Br/c1-7-8-14(10(2)3)15-11(4)9-12(5)16(17)13(15)6/h7-9H,1-6H3/b8-7-. The summed E-state index contributed by atoms with van der Waals surface area (Å²) in [4.78, 5) is 0. The van der Waals surface area contributed by atoms with Gasteiger partial charge in [-0.2, -0.15) is 0 Å². The third-order valence-electron chi connectivity index (χ3n) is 3.02. The summed E-state index contributed by atoms with van der Waals surface area (Å²) in [7, 11) is 0. The van der Waals surface area contributed by atoms with Gasteiger partial charge in [0.25, 0.3) is 0 Å². The molecule has 1 aromatic carbocycles. The van der Waals surface area contributed by atoms with Crippen LogP contribution >= 0.6 is 15.9 Å². The highest BCUT2D eigenvalue weighted by atomic mass is 79.9. The van der Waals surface area contributed by atoms with Crippen molar-refractivity contribution in [1.29, 1.82) is 0 Å². The van der Waals surface area contributed by atoms with E-state index < -0.39 is 0 Å². The fraction of sp³-hybridized carbons (Fsp3) is 0.375. The van der Waals surface area contributed by atoms with Crippen LogP contribution in [0.15, 0.2) is 28.3 Å². The monoisotopic (exact) mass is 292 g/mol. The van der Waals surface area contributed by atoms with Crippen LogP contribution < -0.4 is 0 Å². The molecule has 0 unspecified atom stereocenters. The molecule has 92 valence electrons. The number of rotatable bonds is 2. The Morgan fingerprint density at radius 3 is 2.18 bits per heavy atom. The minimum absolute atomic E-state index is 1.22. The van der Waals surface area contributed by atoms with Crippen molar-refractivity contribution in [2.24, 2.45) is 0 Å². The van der Waals surface area contributed by atoms with Crippen LogP contribution in [0.3, 0.4) is 0 Å². The lowest BCUT2D eigenvalue weighted by atomic mass is 9.91. The summed E-state index contributed by atoms with van der Waals surface area (Å²) >= 11 is 3.69. The first-order valence-corrected chi connectivity index (χ1v) is 6.76. The Morgan fingerprint density at radius 2 is 1.71 bits per heavy atom. The van der Waals surface area contributed by atoms with Gasteiger partial charge < -0.3 is 0 Å². The second kappa shape index (κ2) is 5.68. The van der Waals surface area contributed by atoms with E-state index in [1.165, 1.54) is 37.9 Å². The maximum atomic E-state index is 3.69. The first-order chi connectivity index (χ1) is 7.90. The molecule has 0 saturated heterocycles. The first-order valence-electron chi connectivity index (χ1n) is 5.97. The summed E-state index contributed by atoms with van der Waals surface area (Å²) in [6.45, 7) is 12.9. The summed E-state index contributed by atoms with van der Waals surface area (Å²) in [5.74, 6) is 0. The predicted molar refractivity (Wildman–Crippen MR) is 81.4 cm³/mol. The highest BCUT2D eigenvalue weighted by Crippen LogP contribution is 2.33. The van der Waals surface area contributed by atoms with E-state index in [9.17, 15) is 0 Å². The average Bonchev–Trinajstić information content (AvgIpc) is 2.24. The van der Waals surface area contributed by atoms with E-state index in [4.69, 9.17) is 0 Å². The lowest BCUT2D eigenvalue weighted by Crippen LogP contribution is -1.96. The SMILES string of the molecule is C/C=C\C(=C(C)C)c1c(C)cc(C)c(Br)c1C. The molecule has 1 heteroatoms. The van der Waals surface area contributed by atoms with E-state index in [-0.39, 0.29) is 0 Å². The van der Waals surface area contributed by atoms with Crippen molar-refractivity contribution in [2.45, 2.75) is 41.5 Å². The Kier molecular flexibility index (Phi) is 4.76. The number of benzene rings is 1. The molecule has 0 radical (unpaired) electrons. The second-order valence-electron chi connectivity index (χ2n) is 4.74. The van der Waals surface area contributed by atoms with Gasteiger partial charge in [-0.05, 0) is 69.4 Å². The number of halogens is 1. The molecule has 17 heavy (non-hydrogen) atoms. The molecule has 0 bridgehead atoms. The maximum absolute atomic E-state index is 3.69. The van der Waals surface area contributed by atoms with Gasteiger partial charge >= 0.3 is 0 Å². The molecule has 0 saturated carbocycles. The van der Waals surface area contributed by atoms with Gasteiger partial charge in [-0.3, -0.25) is 0 Å². The summed E-state index contributed by atoms with van der Waals surface area (Å²) in [6, 6.07) is 2.25. The lowest BCUT2D eigenvalue weighted by molar-refractivity contribution is 1.25. The Bertz CT molecular complexity index is 487. The van der Waals surface area contributed by atoms with Crippen LogP contribution in [0.4, 0.5) is 0 Å². The molecule has 0 N–H and O–H groups in total. The first kappa shape index (κ1) is 14.2. The molecule has 0 spiro atoms. The van der Waals surface area contributed by atoms with Gasteiger partial charge in [0.15, 0.2) is 0 Å². The number of hydrogen-bond donors (Lipinski definition) is 0. The van der Waals surface area contributed by atoms with Gasteiger partial charge in [-0.25, -0.2) is 0 Å². The van der Waals surface area contributed by atoms with Gasteiger partial charge in [-0.15, -0.1) is 0 Å². The maximum Gasteiger partial charge on any atom is 0.0240 e. The number of hydrogen-bond acceptors (Lipinski definition) is 0. The van der Waals surface area contributed by atoms with Crippen molar-refractivity contribution in [2.75, 3.05) is 0 Å². The Balaban J connectivity index is 3.62. The van der Waals surface area contributed by atoms with Gasteiger partial charge in [0.05, 0.1) is 0 Å². The van der Waals surface area contributed by atoms with Crippen molar-refractivity contribution in [3.05, 3.63) is 50.5 Å². The Morgan fingerprint density at radius 1 is 1.12 bits per heavy atom. The van der Waals surface area contributed by atoms with Crippen molar-refractivity contribution in [3.8, 4) is 0 Å². The van der Waals surface area contributed by atoms with E-state index in [1.54, 1.807) is 0 Å². The molecule has 0 heterocycles. The third-order valence-corrected chi connectivity index (χ3v) is 4.24. The smallest absolute Gasteiger partial charge is 0.0240 e. The van der Waals surface area contributed by atoms with Crippen LogP contribution in [0.1, 0.15) is 43.0 Å². The van der Waals surface area contributed by atoms with Crippen LogP contribution in [0.5, 0.6) is 0 Å². The fourth-order valence-corrected chi connectivity index (χ4v) is 2.56. The average molecular weight is 293 g/mol. The Hall–Kier alpha value is -0.820. The van der Waals surface area contributed by atoms with Crippen molar-refractivity contribution in [1.82, 2.24) is 0 Å². The van der Waals surface area contributed by atoms with Crippen LogP contribution in [0, 0.1) is 20.8 Å². The molecule has 0 aromatic heterocycles. The topological polar surface area (TPSA) is 0 Å². The molecule has 0 aliphatic heterocycles. The predicted octanol–water partition coefficient (Wildman–Crippen LogP) is 5.74. The van der Waals surface area contributed by atoms with Crippen LogP contribution in [0.25, 0.3) is 5.57 Å². The summed E-state index contributed by atoms with van der Waals surface area (Å²) < 4.78 is 1.22. The molecule has 0 amide bonds. The Labute approximate surface area is 114 Å². The van der Waals surface area contributed by atoms with Crippen LogP contribution in [-0.4, -0.2) is 0 Å².